The summed E-state index contributed by atoms with van der Waals surface area (Å²) in [7, 11) is -1.65. The van der Waals surface area contributed by atoms with Crippen LogP contribution in [0.25, 0.3) is 0 Å². The normalized spacial score (nSPS) is 21.2. The van der Waals surface area contributed by atoms with Crippen LogP contribution in [-0.2, 0) is 21.1 Å². The first-order valence-corrected chi connectivity index (χ1v) is 8.24. The molecular formula is C12H18N2O5S. The molecule has 20 heavy (non-hydrogen) atoms. The van der Waals surface area contributed by atoms with Crippen molar-refractivity contribution in [2.24, 2.45) is 0 Å². The van der Waals surface area contributed by atoms with Gasteiger partial charge in [-0.3, -0.25) is 4.90 Å². The molecule has 1 aliphatic rings. The topological polar surface area (TPSA) is 89.7 Å². The summed E-state index contributed by atoms with van der Waals surface area (Å²) < 4.78 is 32.8. The van der Waals surface area contributed by atoms with E-state index in [4.69, 9.17) is 4.42 Å². The summed E-state index contributed by atoms with van der Waals surface area (Å²) in [5, 5.41) is 0. The lowest BCUT2D eigenvalue weighted by molar-refractivity contribution is 0.0594. The zero-order chi connectivity index (χ0) is 14.8. The molecule has 0 N–H and O–H groups in total. The summed E-state index contributed by atoms with van der Waals surface area (Å²) in [6.45, 7) is 3.03. The number of esters is 1. The van der Waals surface area contributed by atoms with Gasteiger partial charge in [0.25, 0.3) is 0 Å². The monoisotopic (exact) mass is 302 g/mol. The molecule has 0 saturated carbocycles. The van der Waals surface area contributed by atoms with Gasteiger partial charge in [0.05, 0.1) is 25.2 Å². The molecule has 112 valence electrons. The van der Waals surface area contributed by atoms with Crippen LogP contribution < -0.4 is 0 Å². The van der Waals surface area contributed by atoms with Crippen LogP contribution in [0.2, 0.25) is 0 Å². The quantitative estimate of drug-likeness (QED) is 0.730. The summed E-state index contributed by atoms with van der Waals surface area (Å²) in [4.78, 5) is 17.3. The Kier molecular flexibility index (Phi) is 4.44. The van der Waals surface area contributed by atoms with Crippen LogP contribution in [0, 0.1) is 0 Å². The fourth-order valence-corrected chi connectivity index (χ4v) is 4.08. The number of oxazole rings is 1. The Morgan fingerprint density at radius 1 is 1.60 bits per heavy atom. The maximum atomic E-state index is 11.5. The molecule has 1 fully saturated rings. The number of hydrogen-bond donors (Lipinski definition) is 0. The lowest BCUT2D eigenvalue weighted by atomic mass is 10.2. The average molecular weight is 302 g/mol. The van der Waals surface area contributed by atoms with Gasteiger partial charge in [-0.2, -0.15) is 0 Å². The number of rotatable bonds is 5. The maximum Gasteiger partial charge on any atom is 0.360 e. The first-order valence-electron chi connectivity index (χ1n) is 6.42. The molecule has 8 heteroatoms. The van der Waals surface area contributed by atoms with Crippen molar-refractivity contribution < 1.29 is 22.4 Å². The molecule has 0 aliphatic carbocycles. The van der Waals surface area contributed by atoms with Crippen LogP contribution in [0.1, 0.15) is 29.7 Å². The standard InChI is InChI=1S/C12H18N2O5S/c1-3-14(9-4-5-20(16,17)8-9)6-11-13-10(7-19-11)12(15)18-2/h7,9H,3-6,8H2,1-2H3. The van der Waals surface area contributed by atoms with Crippen LogP contribution in [-0.4, -0.2) is 55.5 Å². The van der Waals surface area contributed by atoms with Crippen molar-refractivity contribution >= 4 is 15.8 Å². The van der Waals surface area contributed by atoms with E-state index in [1.807, 2.05) is 11.8 Å². The molecule has 0 radical (unpaired) electrons. The minimum atomic E-state index is -2.92. The van der Waals surface area contributed by atoms with E-state index in [0.29, 0.717) is 25.4 Å². The van der Waals surface area contributed by atoms with Crippen molar-refractivity contribution in [3.05, 3.63) is 17.8 Å². The van der Waals surface area contributed by atoms with Gasteiger partial charge in [-0.25, -0.2) is 18.2 Å². The highest BCUT2D eigenvalue weighted by molar-refractivity contribution is 7.91. The Bertz CT molecular complexity index is 580. The second-order valence-corrected chi connectivity index (χ2v) is 6.97. The van der Waals surface area contributed by atoms with Crippen LogP contribution in [0.15, 0.2) is 10.7 Å². The third-order valence-corrected chi connectivity index (χ3v) is 5.17. The lowest BCUT2D eigenvalue weighted by Gasteiger charge is -2.24. The highest BCUT2D eigenvalue weighted by atomic mass is 32.2. The zero-order valence-corrected chi connectivity index (χ0v) is 12.4. The Hall–Kier alpha value is -1.41. The van der Waals surface area contributed by atoms with Gasteiger partial charge in [0.1, 0.15) is 6.26 Å². The highest BCUT2D eigenvalue weighted by Crippen LogP contribution is 2.19. The Balaban J connectivity index is 2.03. The molecule has 1 saturated heterocycles. The van der Waals surface area contributed by atoms with Crippen molar-refractivity contribution in [3.8, 4) is 0 Å². The Morgan fingerprint density at radius 2 is 2.35 bits per heavy atom. The number of aromatic nitrogens is 1. The van der Waals surface area contributed by atoms with Gasteiger partial charge >= 0.3 is 5.97 Å². The number of methoxy groups -OCH3 is 1. The van der Waals surface area contributed by atoms with E-state index in [-0.39, 0.29) is 23.2 Å². The lowest BCUT2D eigenvalue weighted by Crippen LogP contribution is -2.35. The minimum Gasteiger partial charge on any atom is -0.464 e. The van der Waals surface area contributed by atoms with E-state index < -0.39 is 15.8 Å². The predicted molar refractivity (Wildman–Crippen MR) is 71.0 cm³/mol. The molecular weight excluding hydrogens is 284 g/mol. The number of carbonyl (C=O) groups is 1. The van der Waals surface area contributed by atoms with E-state index in [0.717, 1.165) is 0 Å². The van der Waals surface area contributed by atoms with Crippen molar-refractivity contribution in [2.75, 3.05) is 25.2 Å². The van der Waals surface area contributed by atoms with E-state index in [1.165, 1.54) is 13.4 Å². The van der Waals surface area contributed by atoms with Crippen LogP contribution in [0.3, 0.4) is 0 Å². The van der Waals surface area contributed by atoms with E-state index >= 15 is 0 Å². The fraction of sp³-hybridized carbons (Fsp3) is 0.667. The zero-order valence-electron chi connectivity index (χ0n) is 11.5. The third-order valence-electron chi connectivity index (χ3n) is 3.42. The van der Waals surface area contributed by atoms with Crippen LogP contribution >= 0.6 is 0 Å². The summed E-state index contributed by atoms with van der Waals surface area (Å²) in [6, 6.07) is -0.0153. The SMILES string of the molecule is CCN(Cc1nc(C(=O)OC)co1)C1CCS(=O)(=O)C1. The summed E-state index contributed by atoms with van der Waals surface area (Å²) in [5.74, 6) is 0.238. The second-order valence-electron chi connectivity index (χ2n) is 4.74. The molecule has 2 heterocycles. The fourth-order valence-electron chi connectivity index (χ4n) is 2.32. The summed E-state index contributed by atoms with van der Waals surface area (Å²) in [5.41, 5.74) is 0.123. The summed E-state index contributed by atoms with van der Waals surface area (Å²) in [6.07, 6.45) is 1.88. The second kappa shape index (κ2) is 5.92. The van der Waals surface area contributed by atoms with E-state index in [2.05, 4.69) is 9.72 Å². The van der Waals surface area contributed by atoms with E-state index in [1.54, 1.807) is 0 Å². The first kappa shape index (κ1) is 15.0. The Labute approximate surface area is 117 Å². The van der Waals surface area contributed by atoms with Gasteiger partial charge in [-0.15, -0.1) is 0 Å². The third kappa shape index (κ3) is 3.37. The molecule has 1 aliphatic heterocycles. The molecule has 0 spiro atoms. The van der Waals surface area contributed by atoms with Crippen molar-refractivity contribution in [2.45, 2.75) is 25.9 Å². The van der Waals surface area contributed by atoms with Crippen molar-refractivity contribution in [3.63, 3.8) is 0 Å². The predicted octanol–water partition coefficient (Wildman–Crippen LogP) is 0.470. The Morgan fingerprint density at radius 3 is 2.90 bits per heavy atom. The number of hydrogen-bond acceptors (Lipinski definition) is 7. The molecule has 0 aromatic carbocycles. The molecule has 7 nitrogen and oxygen atoms in total. The molecule has 0 amide bonds. The number of ether oxygens (including phenoxy) is 1. The first-order chi connectivity index (χ1) is 9.45. The maximum absolute atomic E-state index is 11.5. The molecule has 0 bridgehead atoms. The van der Waals surface area contributed by atoms with Crippen molar-refractivity contribution in [1.82, 2.24) is 9.88 Å². The van der Waals surface area contributed by atoms with Crippen molar-refractivity contribution in [1.29, 1.82) is 0 Å². The van der Waals surface area contributed by atoms with Gasteiger partial charge in [-0.1, -0.05) is 6.92 Å². The number of carbonyl (C=O) groups excluding carboxylic acids is 1. The minimum absolute atomic E-state index is 0.0153. The number of nitrogens with zero attached hydrogens (tertiary/aromatic N) is 2. The van der Waals surface area contributed by atoms with Gasteiger partial charge in [0.15, 0.2) is 15.5 Å². The average Bonchev–Trinajstić information content (AvgIpc) is 3.01. The van der Waals surface area contributed by atoms with Gasteiger partial charge in [0, 0.05) is 6.04 Å². The van der Waals surface area contributed by atoms with Crippen LogP contribution in [0.5, 0.6) is 0 Å². The smallest absolute Gasteiger partial charge is 0.360 e. The largest absolute Gasteiger partial charge is 0.464 e. The van der Waals surface area contributed by atoms with E-state index in [9.17, 15) is 13.2 Å². The highest BCUT2D eigenvalue weighted by Gasteiger charge is 2.32. The van der Waals surface area contributed by atoms with Gasteiger partial charge in [-0.05, 0) is 13.0 Å². The molecule has 1 atom stereocenters. The number of sulfone groups is 1. The van der Waals surface area contributed by atoms with Gasteiger partial charge < -0.3 is 9.15 Å². The summed E-state index contributed by atoms with van der Waals surface area (Å²) >= 11 is 0. The molecule has 1 aromatic heterocycles. The van der Waals surface area contributed by atoms with Gasteiger partial charge in [0.2, 0.25) is 5.89 Å². The van der Waals surface area contributed by atoms with Crippen LogP contribution in [0.4, 0.5) is 0 Å². The molecule has 1 aromatic rings. The molecule has 2 rings (SSSR count). The molecule has 1 unspecified atom stereocenters.